The number of furan rings is 1. The van der Waals surface area contributed by atoms with Crippen LogP contribution in [0.15, 0.2) is 61.9 Å². The highest BCUT2D eigenvalue weighted by Gasteiger charge is 2.16. The Morgan fingerprint density at radius 3 is 2.32 bits per heavy atom. The summed E-state index contributed by atoms with van der Waals surface area (Å²) >= 11 is 7.32. The van der Waals surface area contributed by atoms with Gasteiger partial charge in [-0.2, -0.15) is 0 Å². The summed E-state index contributed by atoms with van der Waals surface area (Å²) in [5.41, 5.74) is 4.04. The first-order valence-corrected chi connectivity index (χ1v) is 8.52. The van der Waals surface area contributed by atoms with Crippen LogP contribution in [0, 0.1) is 0 Å². The minimum absolute atomic E-state index is 0.898. The van der Waals surface area contributed by atoms with Gasteiger partial charge in [-0.05, 0) is 36.4 Å². The second kappa shape index (κ2) is 4.37. The molecule has 0 atom stereocenters. The van der Waals surface area contributed by atoms with Crippen molar-refractivity contribution in [3.8, 4) is 0 Å². The fourth-order valence-corrected chi connectivity index (χ4v) is 4.37. The molecule has 0 aliphatic rings. The molecular formula is C18H9Br2NO. The van der Waals surface area contributed by atoms with Crippen LogP contribution >= 0.6 is 31.9 Å². The Labute approximate surface area is 142 Å². The van der Waals surface area contributed by atoms with Gasteiger partial charge in [-0.25, -0.2) is 0 Å². The first-order valence-electron chi connectivity index (χ1n) is 6.93. The zero-order valence-corrected chi connectivity index (χ0v) is 14.5. The van der Waals surface area contributed by atoms with Crippen LogP contribution in [-0.2, 0) is 0 Å². The van der Waals surface area contributed by atoms with Crippen LogP contribution in [-0.4, -0.2) is 4.98 Å². The van der Waals surface area contributed by atoms with Crippen molar-refractivity contribution in [1.29, 1.82) is 0 Å². The minimum atomic E-state index is 0.898. The molecule has 0 spiro atoms. The van der Waals surface area contributed by atoms with Gasteiger partial charge < -0.3 is 9.40 Å². The fraction of sp³-hybridized carbons (Fsp3) is 0. The van der Waals surface area contributed by atoms with Crippen LogP contribution in [0.5, 0.6) is 0 Å². The van der Waals surface area contributed by atoms with Gasteiger partial charge in [0.1, 0.15) is 11.2 Å². The molecule has 2 heterocycles. The molecular weight excluding hydrogens is 406 g/mol. The van der Waals surface area contributed by atoms with Gasteiger partial charge in [0, 0.05) is 30.6 Å². The van der Waals surface area contributed by atoms with Crippen molar-refractivity contribution in [3.63, 3.8) is 0 Å². The number of rotatable bonds is 0. The predicted octanol–water partition coefficient (Wildman–Crippen LogP) is 6.75. The van der Waals surface area contributed by atoms with Crippen LogP contribution in [0.2, 0.25) is 0 Å². The van der Waals surface area contributed by atoms with Crippen molar-refractivity contribution in [3.05, 3.63) is 57.5 Å². The zero-order valence-electron chi connectivity index (χ0n) is 11.3. The van der Waals surface area contributed by atoms with Crippen molar-refractivity contribution in [2.45, 2.75) is 0 Å². The standard InChI is InChI=1S/C18H9Br2NO/c19-10-3-1-5-12-15(10)9-7-8-14-17(18(9)21-12)16-11(20)4-2-6-13(16)22-14/h1-8,21H. The van der Waals surface area contributed by atoms with Gasteiger partial charge in [0.15, 0.2) is 0 Å². The second-order valence-corrected chi connectivity index (χ2v) is 7.07. The number of fused-ring (bicyclic) bond motifs is 7. The molecule has 0 aliphatic heterocycles. The SMILES string of the molecule is Brc1cccc2[nH]c3c(ccc4oc5cccc(Br)c5c43)c12. The topological polar surface area (TPSA) is 28.9 Å². The van der Waals surface area contributed by atoms with E-state index in [2.05, 4.69) is 67.2 Å². The lowest BCUT2D eigenvalue weighted by atomic mass is 10.1. The second-order valence-electron chi connectivity index (χ2n) is 5.36. The number of nitrogens with one attached hydrogen (secondary N) is 1. The van der Waals surface area contributed by atoms with E-state index < -0.39 is 0 Å². The van der Waals surface area contributed by atoms with Crippen LogP contribution in [0.4, 0.5) is 0 Å². The summed E-state index contributed by atoms with van der Waals surface area (Å²) in [6, 6.07) is 16.4. The Hall–Kier alpha value is -1.78. The fourth-order valence-electron chi connectivity index (χ4n) is 3.24. The summed E-state index contributed by atoms with van der Waals surface area (Å²) < 4.78 is 8.16. The Balaban J connectivity index is 2.14. The lowest BCUT2D eigenvalue weighted by Crippen LogP contribution is -1.73. The maximum Gasteiger partial charge on any atom is 0.137 e. The summed E-state index contributed by atoms with van der Waals surface area (Å²) in [5, 5.41) is 4.66. The summed E-state index contributed by atoms with van der Waals surface area (Å²) in [7, 11) is 0. The molecule has 0 aliphatic carbocycles. The number of aromatic nitrogens is 1. The van der Waals surface area contributed by atoms with Gasteiger partial charge in [0.25, 0.3) is 0 Å². The minimum Gasteiger partial charge on any atom is -0.456 e. The Morgan fingerprint density at radius 2 is 1.45 bits per heavy atom. The van der Waals surface area contributed by atoms with E-state index >= 15 is 0 Å². The molecule has 0 bridgehead atoms. The normalized spacial score (nSPS) is 12.1. The third-order valence-electron chi connectivity index (χ3n) is 4.16. The Morgan fingerprint density at radius 1 is 0.727 bits per heavy atom. The molecule has 5 rings (SSSR count). The van der Waals surface area contributed by atoms with Crippen molar-refractivity contribution in [2.24, 2.45) is 0 Å². The Bertz CT molecular complexity index is 1200. The number of benzene rings is 3. The average molecular weight is 415 g/mol. The highest BCUT2D eigenvalue weighted by Crippen LogP contribution is 2.41. The summed E-state index contributed by atoms with van der Waals surface area (Å²) in [4.78, 5) is 3.56. The molecule has 0 fully saturated rings. The predicted molar refractivity (Wildman–Crippen MR) is 98.5 cm³/mol. The van der Waals surface area contributed by atoms with Crippen molar-refractivity contribution >= 4 is 75.6 Å². The van der Waals surface area contributed by atoms with Crippen molar-refractivity contribution in [2.75, 3.05) is 0 Å². The highest BCUT2D eigenvalue weighted by molar-refractivity contribution is 9.11. The molecule has 106 valence electrons. The number of aromatic amines is 1. The third-order valence-corrected chi connectivity index (χ3v) is 5.48. The van der Waals surface area contributed by atoms with Gasteiger partial charge in [0.05, 0.1) is 10.9 Å². The molecule has 2 nitrogen and oxygen atoms in total. The molecule has 1 N–H and O–H groups in total. The summed E-state index contributed by atoms with van der Waals surface area (Å²) in [6.45, 7) is 0. The number of halogens is 2. The highest BCUT2D eigenvalue weighted by atomic mass is 79.9. The van der Waals surface area contributed by atoms with E-state index in [1.54, 1.807) is 0 Å². The molecule has 22 heavy (non-hydrogen) atoms. The van der Waals surface area contributed by atoms with Gasteiger partial charge in [-0.3, -0.25) is 0 Å². The quantitative estimate of drug-likeness (QED) is 0.298. The van der Waals surface area contributed by atoms with Crippen molar-refractivity contribution in [1.82, 2.24) is 4.98 Å². The molecule has 0 saturated carbocycles. The number of hydrogen-bond donors (Lipinski definition) is 1. The van der Waals surface area contributed by atoms with Gasteiger partial charge in [0.2, 0.25) is 0 Å². The lowest BCUT2D eigenvalue weighted by molar-refractivity contribution is 0.669. The van der Waals surface area contributed by atoms with E-state index in [0.717, 1.165) is 41.9 Å². The average Bonchev–Trinajstić information content (AvgIpc) is 3.05. The third kappa shape index (κ3) is 1.54. The lowest BCUT2D eigenvalue weighted by Gasteiger charge is -1.96. The maximum atomic E-state index is 6.01. The smallest absolute Gasteiger partial charge is 0.137 e. The van der Waals surface area contributed by atoms with Crippen molar-refractivity contribution < 1.29 is 4.42 Å². The molecule has 0 radical (unpaired) electrons. The largest absolute Gasteiger partial charge is 0.456 e. The molecule has 4 heteroatoms. The monoisotopic (exact) mass is 413 g/mol. The van der Waals surface area contributed by atoms with Crippen LogP contribution in [0.3, 0.4) is 0 Å². The Kier molecular flexibility index (Phi) is 2.53. The first-order chi connectivity index (χ1) is 10.7. The first kappa shape index (κ1) is 12.7. The molecule has 0 amide bonds. The number of hydrogen-bond acceptors (Lipinski definition) is 1. The summed E-state index contributed by atoms with van der Waals surface area (Å²) in [6.07, 6.45) is 0. The van der Waals surface area contributed by atoms with E-state index in [1.165, 1.54) is 10.8 Å². The molecule has 0 saturated heterocycles. The van der Waals surface area contributed by atoms with E-state index in [0.29, 0.717) is 0 Å². The molecule has 5 aromatic rings. The molecule has 0 unspecified atom stereocenters. The van der Waals surface area contributed by atoms with E-state index in [1.807, 2.05) is 18.2 Å². The van der Waals surface area contributed by atoms with E-state index in [9.17, 15) is 0 Å². The zero-order chi connectivity index (χ0) is 14.8. The summed E-state index contributed by atoms with van der Waals surface area (Å²) in [5.74, 6) is 0. The van der Waals surface area contributed by atoms with Crippen LogP contribution in [0.1, 0.15) is 0 Å². The van der Waals surface area contributed by atoms with E-state index in [-0.39, 0.29) is 0 Å². The van der Waals surface area contributed by atoms with Crippen LogP contribution in [0.25, 0.3) is 43.7 Å². The number of H-pyrrole nitrogens is 1. The maximum absolute atomic E-state index is 6.01. The molecule has 2 aromatic heterocycles. The van der Waals surface area contributed by atoms with Gasteiger partial charge >= 0.3 is 0 Å². The molecule has 3 aromatic carbocycles. The van der Waals surface area contributed by atoms with Gasteiger partial charge in [-0.1, -0.05) is 44.0 Å². The van der Waals surface area contributed by atoms with Crippen LogP contribution < -0.4 is 0 Å². The van der Waals surface area contributed by atoms with Gasteiger partial charge in [-0.15, -0.1) is 0 Å². The van der Waals surface area contributed by atoms with E-state index in [4.69, 9.17) is 4.42 Å².